The molecular weight excluding hydrogens is 420 g/mol. The number of anilines is 1. The van der Waals surface area contributed by atoms with Crippen LogP contribution in [0.4, 0.5) is 5.82 Å². The Balaban J connectivity index is 1.26. The Morgan fingerprint density at radius 3 is 2.97 bits per heavy atom. The highest BCUT2D eigenvalue weighted by Crippen LogP contribution is 2.39. The molecule has 4 aromatic rings. The lowest BCUT2D eigenvalue weighted by molar-refractivity contribution is 0.102. The monoisotopic (exact) mass is 442 g/mol. The normalized spacial score (nSPS) is 14.8. The minimum atomic E-state index is -0.363. The summed E-state index contributed by atoms with van der Waals surface area (Å²) in [6.45, 7) is 0.880. The predicted octanol–water partition coefficient (Wildman–Crippen LogP) is 3.01. The number of hydrogen-bond donors (Lipinski definition) is 1. The summed E-state index contributed by atoms with van der Waals surface area (Å²) in [5, 5.41) is 11.4. The summed E-state index contributed by atoms with van der Waals surface area (Å²) in [4.78, 5) is 26.3. The van der Waals surface area contributed by atoms with Crippen LogP contribution < -0.4 is 10.1 Å². The van der Waals surface area contributed by atoms with E-state index in [0.717, 1.165) is 36.7 Å². The first-order chi connectivity index (χ1) is 16.2. The van der Waals surface area contributed by atoms with Crippen molar-refractivity contribution in [3.8, 4) is 23.0 Å². The molecule has 0 bridgehead atoms. The standard InChI is InChI=1S/C23H22N8O2/c1-33-19-11-24-16(10-18(19)30-12-17(25-13-30)14-7-8-14)23(32)27-20-5-2-4-15(26-20)22-29-28-21-6-3-9-31(21)22/h2,4-5,10-14H,3,6-9H2,1H3,(H,26,27,32). The van der Waals surface area contributed by atoms with Gasteiger partial charge < -0.3 is 19.2 Å². The van der Waals surface area contributed by atoms with Crippen LogP contribution in [0.1, 0.15) is 47.2 Å². The Labute approximate surface area is 189 Å². The number of pyridine rings is 2. The van der Waals surface area contributed by atoms with Gasteiger partial charge in [-0.25, -0.2) is 15.0 Å². The molecule has 1 aliphatic carbocycles. The maximum absolute atomic E-state index is 13.0. The van der Waals surface area contributed by atoms with E-state index in [0.29, 0.717) is 28.9 Å². The summed E-state index contributed by atoms with van der Waals surface area (Å²) in [5.41, 5.74) is 2.68. The van der Waals surface area contributed by atoms with Crippen molar-refractivity contribution in [2.75, 3.05) is 12.4 Å². The number of nitrogens with one attached hydrogen (secondary N) is 1. The van der Waals surface area contributed by atoms with E-state index in [-0.39, 0.29) is 11.6 Å². The molecule has 1 aliphatic heterocycles. The van der Waals surface area contributed by atoms with Gasteiger partial charge in [0.05, 0.1) is 31.0 Å². The third-order valence-electron chi connectivity index (χ3n) is 6.00. The average Bonchev–Trinajstić information content (AvgIpc) is 3.22. The molecule has 1 N–H and O–H groups in total. The molecule has 0 spiro atoms. The van der Waals surface area contributed by atoms with Gasteiger partial charge in [0.25, 0.3) is 5.91 Å². The van der Waals surface area contributed by atoms with Crippen molar-refractivity contribution in [3.63, 3.8) is 0 Å². The van der Waals surface area contributed by atoms with Gasteiger partial charge in [0, 0.05) is 25.1 Å². The lowest BCUT2D eigenvalue weighted by atomic mass is 10.2. The van der Waals surface area contributed by atoms with E-state index in [9.17, 15) is 4.79 Å². The highest BCUT2D eigenvalue weighted by molar-refractivity contribution is 6.02. The van der Waals surface area contributed by atoms with Crippen LogP contribution in [0, 0.1) is 0 Å². The van der Waals surface area contributed by atoms with E-state index in [4.69, 9.17) is 4.74 Å². The molecule has 33 heavy (non-hydrogen) atoms. The molecule has 4 aromatic heterocycles. The van der Waals surface area contributed by atoms with E-state index in [2.05, 4.69) is 35.0 Å². The predicted molar refractivity (Wildman–Crippen MR) is 119 cm³/mol. The van der Waals surface area contributed by atoms with Crippen LogP contribution in [0.25, 0.3) is 17.2 Å². The molecule has 2 aliphatic rings. The Kier molecular flexibility index (Phi) is 4.63. The molecule has 166 valence electrons. The van der Waals surface area contributed by atoms with E-state index >= 15 is 0 Å². The minimum absolute atomic E-state index is 0.253. The first-order valence-electron chi connectivity index (χ1n) is 11.0. The number of amides is 1. The number of rotatable bonds is 6. The summed E-state index contributed by atoms with van der Waals surface area (Å²) in [5.74, 6) is 2.84. The molecule has 0 atom stereocenters. The number of methoxy groups -OCH3 is 1. The molecule has 1 fully saturated rings. The zero-order valence-electron chi connectivity index (χ0n) is 18.1. The summed E-state index contributed by atoms with van der Waals surface area (Å²) in [7, 11) is 1.58. The second-order valence-corrected chi connectivity index (χ2v) is 8.28. The molecule has 0 saturated heterocycles. The smallest absolute Gasteiger partial charge is 0.275 e. The number of carbonyl (C=O) groups excluding carboxylic acids is 1. The number of aryl methyl sites for hydroxylation is 1. The molecule has 1 saturated carbocycles. The number of ether oxygens (including phenoxy) is 1. The maximum atomic E-state index is 13.0. The number of hydrogen-bond acceptors (Lipinski definition) is 7. The van der Waals surface area contributed by atoms with Crippen LogP contribution in [-0.4, -0.2) is 47.3 Å². The zero-order valence-corrected chi connectivity index (χ0v) is 18.1. The fourth-order valence-electron chi connectivity index (χ4n) is 4.12. The molecule has 0 unspecified atom stereocenters. The van der Waals surface area contributed by atoms with Crippen LogP contribution >= 0.6 is 0 Å². The van der Waals surface area contributed by atoms with Crippen LogP contribution in [0.5, 0.6) is 5.75 Å². The minimum Gasteiger partial charge on any atom is -0.493 e. The fraction of sp³-hybridized carbons (Fsp3) is 0.304. The van der Waals surface area contributed by atoms with Crippen molar-refractivity contribution in [3.05, 3.63) is 60.2 Å². The summed E-state index contributed by atoms with van der Waals surface area (Å²) >= 11 is 0. The summed E-state index contributed by atoms with van der Waals surface area (Å²) in [6, 6.07) is 7.14. The Hall–Kier alpha value is -4.08. The quantitative estimate of drug-likeness (QED) is 0.488. The van der Waals surface area contributed by atoms with Crippen molar-refractivity contribution in [2.24, 2.45) is 0 Å². The van der Waals surface area contributed by atoms with Gasteiger partial charge in [-0.05, 0) is 37.5 Å². The molecule has 0 aromatic carbocycles. The van der Waals surface area contributed by atoms with Crippen molar-refractivity contribution in [2.45, 2.75) is 38.1 Å². The SMILES string of the molecule is COc1cnc(C(=O)Nc2cccc(-c3nnc4n3CCC4)n2)cc1-n1cnc(C2CC2)c1. The second kappa shape index (κ2) is 7.80. The summed E-state index contributed by atoms with van der Waals surface area (Å²) in [6.07, 6.45) is 9.59. The molecule has 6 rings (SSSR count). The van der Waals surface area contributed by atoms with Gasteiger partial charge in [-0.15, -0.1) is 10.2 Å². The second-order valence-electron chi connectivity index (χ2n) is 8.28. The third-order valence-corrected chi connectivity index (χ3v) is 6.00. The average molecular weight is 442 g/mol. The topological polar surface area (TPSA) is 113 Å². The molecule has 10 nitrogen and oxygen atoms in total. The maximum Gasteiger partial charge on any atom is 0.275 e. The van der Waals surface area contributed by atoms with E-state index in [1.54, 1.807) is 31.8 Å². The Morgan fingerprint density at radius 2 is 2.12 bits per heavy atom. The van der Waals surface area contributed by atoms with Gasteiger partial charge in [0.1, 0.15) is 23.0 Å². The summed E-state index contributed by atoms with van der Waals surface area (Å²) < 4.78 is 9.41. The van der Waals surface area contributed by atoms with Crippen molar-refractivity contribution >= 4 is 11.7 Å². The van der Waals surface area contributed by atoms with Crippen LogP contribution in [0.15, 0.2) is 43.0 Å². The van der Waals surface area contributed by atoms with Gasteiger partial charge in [0.15, 0.2) is 11.6 Å². The lowest BCUT2D eigenvalue weighted by Gasteiger charge is -2.11. The Morgan fingerprint density at radius 1 is 1.21 bits per heavy atom. The van der Waals surface area contributed by atoms with E-state index in [1.807, 2.05) is 22.9 Å². The van der Waals surface area contributed by atoms with Crippen LogP contribution in [-0.2, 0) is 13.0 Å². The number of aromatic nitrogens is 7. The fourth-order valence-corrected chi connectivity index (χ4v) is 4.12. The van der Waals surface area contributed by atoms with E-state index in [1.165, 1.54) is 12.8 Å². The van der Waals surface area contributed by atoms with Crippen LogP contribution in [0.3, 0.4) is 0 Å². The molecule has 1 amide bonds. The number of carbonyl (C=O) groups is 1. The largest absolute Gasteiger partial charge is 0.493 e. The lowest BCUT2D eigenvalue weighted by Crippen LogP contribution is -2.15. The van der Waals surface area contributed by atoms with E-state index < -0.39 is 0 Å². The number of nitrogens with zero attached hydrogens (tertiary/aromatic N) is 7. The van der Waals surface area contributed by atoms with Crippen molar-refractivity contribution in [1.82, 2.24) is 34.3 Å². The number of fused-ring (bicyclic) bond motifs is 1. The highest BCUT2D eigenvalue weighted by Gasteiger charge is 2.26. The molecule has 0 radical (unpaired) electrons. The number of imidazole rings is 1. The molecule has 10 heteroatoms. The van der Waals surface area contributed by atoms with Gasteiger partial charge in [0.2, 0.25) is 0 Å². The van der Waals surface area contributed by atoms with Crippen LogP contribution in [0.2, 0.25) is 0 Å². The first kappa shape index (κ1) is 19.6. The van der Waals surface area contributed by atoms with Crippen molar-refractivity contribution in [1.29, 1.82) is 0 Å². The first-order valence-corrected chi connectivity index (χ1v) is 11.0. The van der Waals surface area contributed by atoms with Gasteiger partial charge in [-0.1, -0.05) is 6.07 Å². The molecular formula is C23H22N8O2. The third kappa shape index (κ3) is 3.63. The van der Waals surface area contributed by atoms with Gasteiger partial charge in [-0.2, -0.15) is 0 Å². The zero-order chi connectivity index (χ0) is 22.4. The van der Waals surface area contributed by atoms with Crippen molar-refractivity contribution < 1.29 is 9.53 Å². The van der Waals surface area contributed by atoms with Gasteiger partial charge in [-0.3, -0.25) is 4.79 Å². The van der Waals surface area contributed by atoms with Gasteiger partial charge >= 0.3 is 0 Å². The Bertz CT molecular complexity index is 1350. The molecule has 5 heterocycles. The highest BCUT2D eigenvalue weighted by atomic mass is 16.5.